The maximum Gasteiger partial charge on any atom is 0.227 e. The summed E-state index contributed by atoms with van der Waals surface area (Å²) in [5.74, 6) is 0.776. The van der Waals surface area contributed by atoms with Gasteiger partial charge >= 0.3 is 0 Å². The molecule has 1 amide bonds. The zero-order valence-electron chi connectivity index (χ0n) is 8.66. The Morgan fingerprint density at radius 2 is 2.33 bits per heavy atom. The van der Waals surface area contributed by atoms with Gasteiger partial charge in [0.15, 0.2) is 0 Å². The van der Waals surface area contributed by atoms with Crippen LogP contribution in [-0.2, 0) is 11.2 Å². The maximum absolute atomic E-state index is 11.6. The lowest BCUT2D eigenvalue weighted by Crippen LogP contribution is -2.43. The Hall–Kier alpha value is -1.29. The van der Waals surface area contributed by atoms with E-state index in [9.17, 15) is 4.79 Å². The summed E-state index contributed by atoms with van der Waals surface area (Å²) in [6, 6.07) is 3.95. The molecule has 0 atom stereocenters. The van der Waals surface area contributed by atoms with Gasteiger partial charge < -0.3 is 15.1 Å². The monoisotopic (exact) mass is 208 g/mol. The Balaban J connectivity index is 1.76. The van der Waals surface area contributed by atoms with Gasteiger partial charge in [0, 0.05) is 6.04 Å². The fourth-order valence-corrected chi connectivity index (χ4v) is 1.82. The highest BCUT2D eigenvalue weighted by molar-refractivity contribution is 5.78. The lowest BCUT2D eigenvalue weighted by Gasteiger charge is -2.23. The van der Waals surface area contributed by atoms with Gasteiger partial charge in [-0.1, -0.05) is 0 Å². The van der Waals surface area contributed by atoms with Gasteiger partial charge in [-0.05, 0) is 38.1 Å². The molecule has 1 aliphatic heterocycles. The topological polar surface area (TPSA) is 54.3 Å². The molecule has 2 N–H and O–H groups in total. The molecule has 0 aliphatic carbocycles. The molecular weight excluding hydrogens is 192 g/mol. The molecule has 4 heteroatoms. The average molecular weight is 208 g/mol. The summed E-state index contributed by atoms with van der Waals surface area (Å²) in [5, 5.41) is 6.28. The number of rotatable bonds is 3. The first-order chi connectivity index (χ1) is 7.34. The van der Waals surface area contributed by atoms with Gasteiger partial charge in [0.25, 0.3) is 0 Å². The van der Waals surface area contributed by atoms with Crippen LogP contribution in [-0.4, -0.2) is 25.0 Å². The van der Waals surface area contributed by atoms with E-state index < -0.39 is 0 Å². The largest absolute Gasteiger partial charge is 0.469 e. The van der Waals surface area contributed by atoms with Crippen molar-refractivity contribution in [3.63, 3.8) is 0 Å². The van der Waals surface area contributed by atoms with Gasteiger partial charge in [0.1, 0.15) is 5.76 Å². The third-order valence-electron chi connectivity index (χ3n) is 2.62. The number of carbonyl (C=O) groups excluding carboxylic acids is 1. The second-order valence-electron chi connectivity index (χ2n) is 3.85. The quantitative estimate of drug-likeness (QED) is 0.768. The third-order valence-corrected chi connectivity index (χ3v) is 2.62. The molecular formula is C11H16N2O2. The summed E-state index contributed by atoms with van der Waals surface area (Å²) < 4.78 is 5.12. The molecule has 1 fully saturated rings. The summed E-state index contributed by atoms with van der Waals surface area (Å²) in [6.07, 6.45) is 3.97. The number of amides is 1. The number of hydrogen-bond donors (Lipinski definition) is 2. The van der Waals surface area contributed by atoms with Crippen LogP contribution in [0.4, 0.5) is 0 Å². The highest BCUT2D eigenvalue weighted by atomic mass is 16.3. The summed E-state index contributed by atoms with van der Waals surface area (Å²) in [7, 11) is 0. The molecule has 4 nitrogen and oxygen atoms in total. The minimum absolute atomic E-state index is 0.0526. The Morgan fingerprint density at radius 3 is 3.00 bits per heavy atom. The predicted molar refractivity (Wildman–Crippen MR) is 56.4 cm³/mol. The van der Waals surface area contributed by atoms with Crippen LogP contribution in [0.2, 0.25) is 0 Å². The first-order valence-electron chi connectivity index (χ1n) is 5.37. The summed E-state index contributed by atoms with van der Waals surface area (Å²) in [4.78, 5) is 11.6. The van der Waals surface area contributed by atoms with Crippen molar-refractivity contribution in [2.75, 3.05) is 13.1 Å². The van der Waals surface area contributed by atoms with Crippen molar-refractivity contribution in [3.8, 4) is 0 Å². The van der Waals surface area contributed by atoms with Crippen LogP contribution in [0.25, 0.3) is 0 Å². The Kier molecular flexibility index (Phi) is 3.40. The van der Waals surface area contributed by atoms with Gasteiger partial charge in [0.05, 0.1) is 12.7 Å². The number of carbonyl (C=O) groups is 1. The molecule has 15 heavy (non-hydrogen) atoms. The zero-order valence-corrected chi connectivity index (χ0v) is 8.66. The average Bonchev–Trinajstić information content (AvgIpc) is 2.71. The van der Waals surface area contributed by atoms with Crippen molar-refractivity contribution in [3.05, 3.63) is 24.2 Å². The second kappa shape index (κ2) is 4.98. The lowest BCUT2D eigenvalue weighted by atomic mass is 10.1. The molecule has 1 aromatic rings. The molecule has 1 aromatic heterocycles. The Morgan fingerprint density at radius 1 is 1.53 bits per heavy atom. The number of furan rings is 1. The van der Waals surface area contributed by atoms with E-state index in [1.807, 2.05) is 6.07 Å². The van der Waals surface area contributed by atoms with Crippen LogP contribution in [0.3, 0.4) is 0 Å². The van der Waals surface area contributed by atoms with Gasteiger partial charge in [-0.25, -0.2) is 0 Å². The summed E-state index contributed by atoms with van der Waals surface area (Å²) >= 11 is 0. The standard InChI is InChI=1S/C11H16N2O2/c14-11(8-10-2-1-7-15-10)13-9-3-5-12-6-4-9/h1-2,7,9,12H,3-6,8H2,(H,13,14). The lowest BCUT2D eigenvalue weighted by molar-refractivity contribution is -0.121. The number of hydrogen-bond acceptors (Lipinski definition) is 3. The summed E-state index contributed by atoms with van der Waals surface area (Å²) in [5.41, 5.74) is 0. The molecule has 0 saturated carbocycles. The van der Waals surface area contributed by atoms with Crippen LogP contribution in [0.5, 0.6) is 0 Å². The smallest absolute Gasteiger partial charge is 0.227 e. The highest BCUT2D eigenvalue weighted by Gasteiger charge is 2.15. The molecule has 1 saturated heterocycles. The van der Waals surface area contributed by atoms with Crippen molar-refractivity contribution in [2.24, 2.45) is 0 Å². The third kappa shape index (κ3) is 3.09. The number of piperidine rings is 1. The van der Waals surface area contributed by atoms with E-state index in [0.29, 0.717) is 12.5 Å². The van der Waals surface area contributed by atoms with E-state index in [1.54, 1.807) is 12.3 Å². The first kappa shape index (κ1) is 10.2. The molecule has 2 rings (SSSR count). The van der Waals surface area contributed by atoms with Crippen LogP contribution in [0.15, 0.2) is 22.8 Å². The minimum atomic E-state index is 0.0526. The minimum Gasteiger partial charge on any atom is -0.469 e. The molecule has 0 bridgehead atoms. The van der Waals surface area contributed by atoms with Gasteiger partial charge in [-0.15, -0.1) is 0 Å². The fourth-order valence-electron chi connectivity index (χ4n) is 1.82. The van der Waals surface area contributed by atoms with Crippen molar-refractivity contribution in [2.45, 2.75) is 25.3 Å². The fraction of sp³-hybridized carbons (Fsp3) is 0.545. The molecule has 1 aliphatic rings. The van der Waals surface area contributed by atoms with E-state index in [0.717, 1.165) is 31.7 Å². The van der Waals surface area contributed by atoms with E-state index in [4.69, 9.17) is 4.42 Å². The normalized spacial score (nSPS) is 17.6. The molecule has 0 aromatic carbocycles. The van der Waals surface area contributed by atoms with E-state index in [2.05, 4.69) is 10.6 Å². The van der Waals surface area contributed by atoms with Crippen LogP contribution < -0.4 is 10.6 Å². The second-order valence-corrected chi connectivity index (χ2v) is 3.85. The molecule has 2 heterocycles. The SMILES string of the molecule is O=C(Cc1ccco1)NC1CCNCC1. The van der Waals surface area contributed by atoms with Crippen molar-refractivity contribution in [1.82, 2.24) is 10.6 Å². The summed E-state index contributed by atoms with van der Waals surface area (Å²) in [6.45, 7) is 1.98. The molecule has 82 valence electrons. The van der Waals surface area contributed by atoms with Crippen molar-refractivity contribution < 1.29 is 9.21 Å². The first-order valence-corrected chi connectivity index (χ1v) is 5.37. The van der Waals surface area contributed by atoms with Crippen molar-refractivity contribution >= 4 is 5.91 Å². The van der Waals surface area contributed by atoms with Gasteiger partial charge in [-0.2, -0.15) is 0 Å². The van der Waals surface area contributed by atoms with E-state index >= 15 is 0 Å². The molecule has 0 radical (unpaired) electrons. The molecule has 0 spiro atoms. The van der Waals surface area contributed by atoms with E-state index in [1.165, 1.54) is 0 Å². The Labute approximate surface area is 89.0 Å². The van der Waals surface area contributed by atoms with Gasteiger partial charge in [0.2, 0.25) is 5.91 Å². The van der Waals surface area contributed by atoms with Crippen LogP contribution in [0, 0.1) is 0 Å². The molecule has 0 unspecified atom stereocenters. The van der Waals surface area contributed by atoms with Crippen molar-refractivity contribution in [1.29, 1.82) is 0 Å². The van der Waals surface area contributed by atoms with Crippen LogP contribution in [0.1, 0.15) is 18.6 Å². The number of nitrogens with one attached hydrogen (secondary N) is 2. The maximum atomic E-state index is 11.6. The van der Waals surface area contributed by atoms with E-state index in [-0.39, 0.29) is 5.91 Å². The Bertz CT molecular complexity index is 302. The predicted octanol–water partition coefficient (Wildman–Crippen LogP) is 0.690. The highest BCUT2D eigenvalue weighted by Crippen LogP contribution is 2.04. The zero-order chi connectivity index (χ0) is 10.5. The van der Waals surface area contributed by atoms with Gasteiger partial charge in [-0.3, -0.25) is 4.79 Å². The van der Waals surface area contributed by atoms with Crippen LogP contribution >= 0.6 is 0 Å².